The zero-order valence-electron chi connectivity index (χ0n) is 19.1. The molecule has 0 saturated heterocycles. The van der Waals surface area contributed by atoms with E-state index >= 15 is 0 Å². The highest BCUT2D eigenvalue weighted by molar-refractivity contribution is 7.16. The van der Waals surface area contributed by atoms with Crippen LogP contribution in [0.3, 0.4) is 0 Å². The van der Waals surface area contributed by atoms with Crippen LogP contribution in [0.4, 0.5) is 13.9 Å². The van der Waals surface area contributed by atoms with E-state index in [0.29, 0.717) is 18.0 Å². The number of hydrogen-bond donors (Lipinski definition) is 3. The van der Waals surface area contributed by atoms with Gasteiger partial charge >= 0.3 is 0 Å². The number of aryl methyl sites for hydroxylation is 1. The summed E-state index contributed by atoms with van der Waals surface area (Å²) in [6.07, 6.45) is 3.09. The molecule has 1 heterocycles. The maximum absolute atomic E-state index is 13.4. The van der Waals surface area contributed by atoms with Crippen LogP contribution in [0.25, 0.3) is 0 Å². The van der Waals surface area contributed by atoms with Crippen LogP contribution < -0.4 is 16.0 Å². The first-order valence-corrected chi connectivity index (χ1v) is 11.8. The molecule has 1 aromatic heterocycles. The third-order valence-corrected chi connectivity index (χ3v) is 6.21. The first-order chi connectivity index (χ1) is 15.2. The second-order valence-corrected chi connectivity index (χ2v) is 8.88. The minimum atomic E-state index is -0.765. The summed E-state index contributed by atoms with van der Waals surface area (Å²) in [6.45, 7) is 8.93. The Balaban J connectivity index is 2.00. The average molecular weight is 467 g/mol. The molecule has 0 aliphatic carbocycles. The molecule has 0 spiro atoms. The molecule has 32 heavy (non-hydrogen) atoms. The molecule has 2 aromatic rings. The number of amides is 2. The van der Waals surface area contributed by atoms with E-state index in [-0.39, 0.29) is 23.9 Å². The molecule has 9 heteroatoms. The van der Waals surface area contributed by atoms with Crippen LogP contribution >= 0.6 is 11.3 Å². The summed E-state index contributed by atoms with van der Waals surface area (Å²) in [4.78, 5) is 30.7. The molecular weight excluding hydrogens is 434 g/mol. The highest BCUT2D eigenvalue weighted by atomic mass is 32.1. The normalized spacial score (nSPS) is 12.9. The van der Waals surface area contributed by atoms with E-state index in [1.807, 2.05) is 13.8 Å². The Labute approximate surface area is 192 Å². The maximum atomic E-state index is 13.4. The predicted octanol–water partition coefficient (Wildman–Crippen LogP) is 4.65. The average Bonchev–Trinajstić information content (AvgIpc) is 3.07. The topological polar surface area (TPSA) is 83.1 Å². The third-order valence-electron chi connectivity index (χ3n) is 4.95. The van der Waals surface area contributed by atoms with E-state index in [0.717, 1.165) is 48.2 Å². The van der Waals surface area contributed by atoms with Crippen molar-refractivity contribution in [3.8, 4) is 0 Å². The first-order valence-electron chi connectivity index (χ1n) is 11.0. The van der Waals surface area contributed by atoms with Crippen LogP contribution in [-0.2, 0) is 16.0 Å². The van der Waals surface area contributed by atoms with Gasteiger partial charge in [-0.25, -0.2) is 13.8 Å². The van der Waals surface area contributed by atoms with Crippen molar-refractivity contribution in [2.45, 2.75) is 71.9 Å². The van der Waals surface area contributed by atoms with Gasteiger partial charge in [0.05, 0.1) is 12.1 Å². The van der Waals surface area contributed by atoms with Crippen LogP contribution in [-0.4, -0.2) is 29.4 Å². The molecule has 1 aromatic carbocycles. The molecule has 1 unspecified atom stereocenters. The molecule has 0 bridgehead atoms. The number of hydrogen-bond acceptors (Lipinski definition) is 5. The smallest absolute Gasteiger partial charge is 0.248 e. The molecule has 2 atom stereocenters. The highest BCUT2D eigenvalue weighted by Gasteiger charge is 2.22. The van der Waals surface area contributed by atoms with Gasteiger partial charge in [-0.15, -0.1) is 0 Å². The lowest BCUT2D eigenvalue weighted by Gasteiger charge is -2.17. The van der Waals surface area contributed by atoms with Gasteiger partial charge in [0.25, 0.3) is 0 Å². The molecule has 0 fully saturated rings. The summed E-state index contributed by atoms with van der Waals surface area (Å²) in [5, 5.41) is 9.41. The van der Waals surface area contributed by atoms with Crippen molar-refractivity contribution in [3.63, 3.8) is 0 Å². The van der Waals surface area contributed by atoms with Gasteiger partial charge in [0, 0.05) is 17.0 Å². The van der Waals surface area contributed by atoms with E-state index in [1.165, 1.54) is 11.3 Å². The number of benzene rings is 1. The van der Waals surface area contributed by atoms with Gasteiger partial charge in [0.2, 0.25) is 11.8 Å². The standard InChI is InChI=1S/C23H32F2N4O2S/c1-5-7-9-26-14(3)21-15(4)27-23(32-21)29-22(31)19(8-6-2)28-20(30)12-16-10-17(24)13-18(25)11-16/h10-11,13-14,19,26H,5-9,12H2,1-4H3,(H,28,30)(H,27,29,31)/t14?,19-/m0/s1. The van der Waals surface area contributed by atoms with Gasteiger partial charge in [-0.3, -0.25) is 9.59 Å². The third kappa shape index (κ3) is 7.94. The number of nitrogens with zero attached hydrogens (tertiary/aromatic N) is 1. The molecule has 3 N–H and O–H groups in total. The molecule has 2 amide bonds. The number of unbranched alkanes of at least 4 members (excludes halogenated alkanes) is 1. The van der Waals surface area contributed by atoms with Crippen molar-refractivity contribution in [2.75, 3.05) is 11.9 Å². The molecule has 6 nitrogen and oxygen atoms in total. The Hall–Kier alpha value is -2.39. The van der Waals surface area contributed by atoms with Gasteiger partial charge in [0.15, 0.2) is 5.13 Å². The minimum Gasteiger partial charge on any atom is -0.344 e. The summed E-state index contributed by atoms with van der Waals surface area (Å²) >= 11 is 1.41. The Morgan fingerprint density at radius 3 is 2.44 bits per heavy atom. The molecule has 0 aliphatic rings. The Bertz CT molecular complexity index is 899. The monoisotopic (exact) mass is 466 g/mol. The molecule has 0 aliphatic heterocycles. The molecular formula is C23H32F2N4O2S. The number of anilines is 1. The Morgan fingerprint density at radius 2 is 1.81 bits per heavy atom. The fourth-order valence-corrected chi connectivity index (χ4v) is 4.34. The van der Waals surface area contributed by atoms with Gasteiger partial charge in [-0.2, -0.15) is 0 Å². The van der Waals surface area contributed by atoms with Gasteiger partial charge in [-0.1, -0.05) is 38.0 Å². The fourth-order valence-electron chi connectivity index (χ4n) is 3.35. The SMILES string of the molecule is CCCCNC(C)c1sc(NC(=O)[C@H](CCC)NC(=O)Cc2cc(F)cc(F)c2)nc1C. The predicted molar refractivity (Wildman–Crippen MR) is 124 cm³/mol. The number of aromatic nitrogens is 1. The zero-order chi connectivity index (χ0) is 23.7. The van der Waals surface area contributed by atoms with Crippen LogP contribution in [0.1, 0.15) is 68.6 Å². The number of thiazole rings is 1. The zero-order valence-corrected chi connectivity index (χ0v) is 19.9. The molecule has 176 valence electrons. The summed E-state index contributed by atoms with van der Waals surface area (Å²) < 4.78 is 26.7. The van der Waals surface area contributed by atoms with Crippen LogP contribution in [0.2, 0.25) is 0 Å². The lowest BCUT2D eigenvalue weighted by Crippen LogP contribution is -2.44. The molecule has 0 saturated carbocycles. The van der Waals surface area contributed by atoms with Crippen molar-refractivity contribution in [3.05, 3.63) is 46.0 Å². The molecule has 2 rings (SSSR count). The summed E-state index contributed by atoms with van der Waals surface area (Å²) in [5.41, 5.74) is 1.06. The summed E-state index contributed by atoms with van der Waals surface area (Å²) in [6, 6.07) is 2.32. The Kier molecular flexibility index (Phi) is 10.2. The number of rotatable bonds is 12. The van der Waals surface area contributed by atoms with E-state index in [9.17, 15) is 18.4 Å². The highest BCUT2D eigenvalue weighted by Crippen LogP contribution is 2.28. The quantitative estimate of drug-likeness (QED) is 0.398. The van der Waals surface area contributed by atoms with Gasteiger partial charge in [-0.05, 0) is 50.9 Å². The van der Waals surface area contributed by atoms with Crippen molar-refractivity contribution in [1.29, 1.82) is 0 Å². The Morgan fingerprint density at radius 1 is 1.12 bits per heavy atom. The van der Waals surface area contributed by atoms with E-state index in [4.69, 9.17) is 0 Å². The number of halogens is 2. The van der Waals surface area contributed by atoms with E-state index in [2.05, 4.69) is 34.8 Å². The van der Waals surface area contributed by atoms with Crippen molar-refractivity contribution in [2.24, 2.45) is 0 Å². The number of carbonyl (C=O) groups is 2. The van der Waals surface area contributed by atoms with Crippen LogP contribution in [0, 0.1) is 18.6 Å². The minimum absolute atomic E-state index is 0.127. The number of nitrogens with one attached hydrogen (secondary N) is 3. The van der Waals surface area contributed by atoms with Gasteiger partial charge in [0.1, 0.15) is 17.7 Å². The molecule has 0 radical (unpaired) electrons. The lowest BCUT2D eigenvalue weighted by atomic mass is 10.1. The van der Waals surface area contributed by atoms with Crippen molar-refractivity contribution in [1.82, 2.24) is 15.6 Å². The fraction of sp³-hybridized carbons (Fsp3) is 0.522. The summed E-state index contributed by atoms with van der Waals surface area (Å²) in [5.74, 6) is -2.33. The largest absolute Gasteiger partial charge is 0.344 e. The second-order valence-electron chi connectivity index (χ2n) is 7.85. The maximum Gasteiger partial charge on any atom is 0.248 e. The summed E-state index contributed by atoms with van der Waals surface area (Å²) in [7, 11) is 0. The second kappa shape index (κ2) is 12.6. The van der Waals surface area contributed by atoms with E-state index < -0.39 is 23.6 Å². The van der Waals surface area contributed by atoms with Crippen molar-refractivity contribution < 1.29 is 18.4 Å². The first kappa shape index (κ1) is 25.9. The van der Waals surface area contributed by atoms with Crippen LogP contribution in [0.15, 0.2) is 18.2 Å². The van der Waals surface area contributed by atoms with Crippen molar-refractivity contribution >= 4 is 28.3 Å². The lowest BCUT2D eigenvalue weighted by molar-refractivity contribution is -0.126. The van der Waals surface area contributed by atoms with E-state index in [1.54, 1.807) is 0 Å². The van der Waals surface area contributed by atoms with Gasteiger partial charge < -0.3 is 16.0 Å². The van der Waals surface area contributed by atoms with Crippen LogP contribution in [0.5, 0.6) is 0 Å². The number of carbonyl (C=O) groups excluding carboxylic acids is 2.